The average molecular weight is 443 g/mol. The Labute approximate surface area is 192 Å². The first-order valence-corrected chi connectivity index (χ1v) is 10.9. The van der Waals surface area contributed by atoms with Crippen molar-refractivity contribution in [2.45, 2.75) is 6.17 Å². The van der Waals surface area contributed by atoms with Crippen LogP contribution in [0.15, 0.2) is 61.4 Å². The number of aromatic nitrogens is 5. The summed E-state index contributed by atoms with van der Waals surface area (Å²) < 4.78 is 1.77. The maximum atomic E-state index is 13.0. The monoisotopic (exact) mass is 442 g/mol. The van der Waals surface area contributed by atoms with Gasteiger partial charge >= 0.3 is 0 Å². The van der Waals surface area contributed by atoms with E-state index < -0.39 is 0 Å². The number of nitrogens with one attached hydrogen (secondary N) is 1. The van der Waals surface area contributed by atoms with Gasteiger partial charge in [0, 0.05) is 80.1 Å². The zero-order valence-corrected chi connectivity index (χ0v) is 18.7. The molecule has 0 bridgehead atoms. The van der Waals surface area contributed by atoms with Crippen LogP contribution < -0.4 is 5.32 Å². The topological polar surface area (TPSA) is 92.1 Å². The van der Waals surface area contributed by atoms with Crippen molar-refractivity contribution < 1.29 is 4.79 Å². The third kappa shape index (κ3) is 4.59. The quantitative estimate of drug-likeness (QED) is 0.506. The zero-order chi connectivity index (χ0) is 22.8. The molecule has 9 nitrogen and oxygen atoms in total. The number of carbonyl (C=O) groups excluding carboxylic acids is 1. The molecule has 1 atom stereocenters. The molecule has 5 rings (SSSR count). The van der Waals surface area contributed by atoms with E-state index in [1.807, 2.05) is 31.7 Å². The van der Waals surface area contributed by atoms with Gasteiger partial charge in [0.05, 0.1) is 23.6 Å². The van der Waals surface area contributed by atoms with Crippen LogP contribution in [0, 0.1) is 0 Å². The summed E-state index contributed by atoms with van der Waals surface area (Å²) in [6.45, 7) is 3.54. The van der Waals surface area contributed by atoms with Gasteiger partial charge in [0.2, 0.25) is 0 Å². The molecule has 33 heavy (non-hydrogen) atoms. The van der Waals surface area contributed by atoms with E-state index in [1.54, 1.807) is 35.4 Å². The molecule has 1 aliphatic rings. The summed E-state index contributed by atoms with van der Waals surface area (Å²) in [7, 11) is 4.01. The van der Waals surface area contributed by atoms with E-state index in [-0.39, 0.29) is 12.1 Å². The highest BCUT2D eigenvalue weighted by atomic mass is 16.1. The molecule has 0 saturated carbocycles. The fourth-order valence-electron chi connectivity index (χ4n) is 4.07. The van der Waals surface area contributed by atoms with Gasteiger partial charge < -0.3 is 10.2 Å². The molecule has 4 aromatic rings. The lowest BCUT2D eigenvalue weighted by Crippen LogP contribution is -2.50. The molecule has 1 unspecified atom stereocenters. The van der Waals surface area contributed by atoms with Gasteiger partial charge in [-0.05, 0) is 31.3 Å². The molecule has 168 valence electrons. The molecule has 1 fully saturated rings. The van der Waals surface area contributed by atoms with Crippen LogP contribution in [0.1, 0.15) is 22.2 Å². The molecule has 4 aromatic heterocycles. The number of carbonyl (C=O) groups is 1. The number of likely N-dealkylation sites (N-methyl/N-ethyl adjacent to an activating group) is 1. The minimum Gasteiger partial charge on any atom is -0.331 e. The van der Waals surface area contributed by atoms with Crippen LogP contribution in [0.5, 0.6) is 0 Å². The molecular formula is C24H26N8O. The molecule has 0 radical (unpaired) electrons. The average Bonchev–Trinajstić information content (AvgIpc) is 3.29. The Morgan fingerprint density at radius 2 is 1.76 bits per heavy atom. The smallest absolute Gasteiger partial charge is 0.252 e. The minimum absolute atomic E-state index is 0.148. The van der Waals surface area contributed by atoms with Crippen LogP contribution in [-0.2, 0) is 7.05 Å². The zero-order valence-electron chi connectivity index (χ0n) is 18.7. The summed E-state index contributed by atoms with van der Waals surface area (Å²) >= 11 is 0. The summed E-state index contributed by atoms with van der Waals surface area (Å²) in [5.74, 6) is -0.148. The number of aryl methyl sites for hydroxylation is 1. The molecule has 1 N–H and O–H groups in total. The molecule has 5 heterocycles. The van der Waals surface area contributed by atoms with Gasteiger partial charge in [-0.25, -0.2) is 0 Å². The molecule has 1 amide bonds. The first kappa shape index (κ1) is 21.2. The van der Waals surface area contributed by atoms with Crippen molar-refractivity contribution in [2.75, 3.05) is 33.2 Å². The van der Waals surface area contributed by atoms with E-state index in [2.05, 4.69) is 43.3 Å². The fraction of sp³-hybridized carbons (Fsp3) is 0.292. The van der Waals surface area contributed by atoms with Crippen LogP contribution in [-0.4, -0.2) is 73.7 Å². The first-order chi connectivity index (χ1) is 16.1. The second-order valence-corrected chi connectivity index (χ2v) is 8.38. The Balaban J connectivity index is 1.50. The summed E-state index contributed by atoms with van der Waals surface area (Å²) in [6.07, 6.45) is 10.3. The van der Waals surface area contributed by atoms with Gasteiger partial charge in [-0.15, -0.1) is 0 Å². The van der Waals surface area contributed by atoms with Crippen molar-refractivity contribution in [1.82, 2.24) is 39.8 Å². The van der Waals surface area contributed by atoms with Gasteiger partial charge in [0.1, 0.15) is 6.17 Å². The maximum absolute atomic E-state index is 13.0. The number of amides is 1. The number of hydrogen-bond donors (Lipinski definition) is 1. The number of hydrogen-bond acceptors (Lipinski definition) is 7. The predicted molar refractivity (Wildman–Crippen MR) is 125 cm³/mol. The lowest BCUT2D eigenvalue weighted by atomic mass is 10.1. The lowest BCUT2D eigenvalue weighted by Gasteiger charge is -2.37. The first-order valence-electron chi connectivity index (χ1n) is 10.9. The maximum Gasteiger partial charge on any atom is 0.252 e. The van der Waals surface area contributed by atoms with Crippen molar-refractivity contribution in [1.29, 1.82) is 0 Å². The van der Waals surface area contributed by atoms with Gasteiger partial charge in [0.15, 0.2) is 0 Å². The molecule has 0 spiro atoms. The van der Waals surface area contributed by atoms with Gasteiger partial charge in [0.25, 0.3) is 5.91 Å². The second-order valence-electron chi connectivity index (χ2n) is 8.38. The number of fused-ring (bicyclic) bond motifs is 1. The Kier molecular flexibility index (Phi) is 5.80. The van der Waals surface area contributed by atoms with Gasteiger partial charge in [-0.3, -0.25) is 29.3 Å². The SMILES string of the molecule is CN1CCN(C(NC(=O)c2ccncc2)c2cc3cc(-c4cnn(C)c4)cnc3cn2)CC1. The largest absolute Gasteiger partial charge is 0.331 e. The van der Waals surface area contributed by atoms with E-state index in [4.69, 9.17) is 4.98 Å². The van der Waals surface area contributed by atoms with Crippen molar-refractivity contribution in [3.8, 4) is 11.1 Å². The van der Waals surface area contributed by atoms with Crippen LogP contribution >= 0.6 is 0 Å². The number of rotatable bonds is 5. The van der Waals surface area contributed by atoms with Crippen LogP contribution in [0.25, 0.3) is 22.0 Å². The highest BCUT2D eigenvalue weighted by Gasteiger charge is 2.27. The normalized spacial score (nSPS) is 16.1. The Morgan fingerprint density at radius 3 is 2.48 bits per heavy atom. The summed E-state index contributed by atoms with van der Waals surface area (Å²) in [6, 6.07) is 7.55. The summed E-state index contributed by atoms with van der Waals surface area (Å²) in [4.78, 5) is 30.9. The van der Waals surface area contributed by atoms with Crippen LogP contribution in [0.2, 0.25) is 0 Å². The molecule has 9 heteroatoms. The molecule has 1 saturated heterocycles. The number of nitrogens with zero attached hydrogens (tertiary/aromatic N) is 7. The van der Waals surface area contributed by atoms with Crippen molar-refractivity contribution in [3.05, 3.63) is 72.7 Å². The standard InChI is InChI=1S/C24H26N8O/c1-30-7-9-32(10-8-30)23(29-24(33)17-3-5-25-6-4-17)21-12-18-11-19(13-26-22(18)15-27-21)20-14-28-31(2)16-20/h3-6,11-16,23H,7-10H2,1-2H3,(H,29,33). The Morgan fingerprint density at radius 1 is 0.970 bits per heavy atom. The van der Waals surface area contributed by atoms with E-state index >= 15 is 0 Å². The van der Waals surface area contributed by atoms with Crippen LogP contribution in [0.3, 0.4) is 0 Å². The fourth-order valence-corrected chi connectivity index (χ4v) is 4.07. The third-order valence-electron chi connectivity index (χ3n) is 6.02. The Bertz CT molecular complexity index is 1260. The highest BCUT2D eigenvalue weighted by Crippen LogP contribution is 2.25. The summed E-state index contributed by atoms with van der Waals surface area (Å²) in [5, 5.41) is 8.43. The van der Waals surface area contributed by atoms with E-state index in [0.717, 1.165) is 53.9 Å². The summed E-state index contributed by atoms with van der Waals surface area (Å²) in [5.41, 5.74) is 4.17. The predicted octanol–water partition coefficient (Wildman–Crippen LogP) is 2.10. The van der Waals surface area contributed by atoms with Gasteiger partial charge in [-0.2, -0.15) is 5.10 Å². The lowest BCUT2D eigenvalue weighted by molar-refractivity contribution is 0.0709. The van der Waals surface area contributed by atoms with Crippen LogP contribution in [0.4, 0.5) is 0 Å². The number of pyridine rings is 3. The van der Waals surface area contributed by atoms with Gasteiger partial charge in [-0.1, -0.05) is 0 Å². The third-order valence-corrected chi connectivity index (χ3v) is 6.02. The van der Waals surface area contributed by atoms with Crippen molar-refractivity contribution in [3.63, 3.8) is 0 Å². The molecular weight excluding hydrogens is 416 g/mol. The second kappa shape index (κ2) is 9.05. The van der Waals surface area contributed by atoms with Crippen molar-refractivity contribution in [2.24, 2.45) is 7.05 Å². The molecule has 0 aliphatic carbocycles. The van der Waals surface area contributed by atoms with Crippen molar-refractivity contribution >= 4 is 16.8 Å². The van der Waals surface area contributed by atoms with E-state index in [9.17, 15) is 4.79 Å². The minimum atomic E-state index is -0.342. The van der Waals surface area contributed by atoms with E-state index in [0.29, 0.717) is 5.56 Å². The molecule has 1 aliphatic heterocycles. The number of piperazine rings is 1. The van der Waals surface area contributed by atoms with E-state index in [1.165, 1.54) is 0 Å². The highest BCUT2D eigenvalue weighted by molar-refractivity contribution is 5.94. The Hall–Kier alpha value is -3.69. The molecule has 0 aromatic carbocycles.